The highest BCUT2D eigenvalue weighted by molar-refractivity contribution is 5.79. The fourth-order valence-corrected chi connectivity index (χ4v) is 2.99. The van der Waals surface area contributed by atoms with Gasteiger partial charge in [-0.3, -0.25) is 9.69 Å². The number of hydrogen-bond acceptors (Lipinski definition) is 3. The summed E-state index contributed by atoms with van der Waals surface area (Å²) in [6, 6.07) is 0. The lowest BCUT2D eigenvalue weighted by Crippen LogP contribution is -2.51. The SMILES string of the molecule is Cc1nccn1CCN1CCN(C(=O)C2CCC2)CC1. The van der Waals surface area contributed by atoms with Gasteiger partial charge in [0.1, 0.15) is 5.82 Å². The van der Waals surface area contributed by atoms with E-state index in [0.29, 0.717) is 11.8 Å². The predicted molar refractivity (Wildman–Crippen MR) is 77.3 cm³/mol. The maximum Gasteiger partial charge on any atom is 0.225 e. The first-order valence-corrected chi connectivity index (χ1v) is 7.73. The van der Waals surface area contributed by atoms with Gasteiger partial charge in [0.15, 0.2) is 0 Å². The average molecular weight is 276 g/mol. The van der Waals surface area contributed by atoms with Gasteiger partial charge in [-0.1, -0.05) is 6.42 Å². The monoisotopic (exact) mass is 276 g/mol. The number of carbonyl (C=O) groups is 1. The molecule has 2 aliphatic rings. The van der Waals surface area contributed by atoms with E-state index in [-0.39, 0.29) is 0 Å². The van der Waals surface area contributed by atoms with Crippen molar-refractivity contribution in [2.75, 3.05) is 32.7 Å². The van der Waals surface area contributed by atoms with E-state index in [1.807, 2.05) is 19.3 Å². The molecule has 20 heavy (non-hydrogen) atoms. The van der Waals surface area contributed by atoms with Crippen LogP contribution in [0, 0.1) is 12.8 Å². The third kappa shape index (κ3) is 2.87. The van der Waals surface area contributed by atoms with Gasteiger partial charge in [0, 0.05) is 57.6 Å². The van der Waals surface area contributed by atoms with Crippen molar-refractivity contribution < 1.29 is 4.79 Å². The smallest absolute Gasteiger partial charge is 0.225 e. The quantitative estimate of drug-likeness (QED) is 0.828. The van der Waals surface area contributed by atoms with Gasteiger partial charge in [-0.15, -0.1) is 0 Å². The third-order valence-corrected chi connectivity index (χ3v) is 4.72. The Labute approximate surface area is 120 Å². The Balaban J connectivity index is 1.42. The van der Waals surface area contributed by atoms with Crippen LogP contribution in [0.1, 0.15) is 25.1 Å². The lowest BCUT2D eigenvalue weighted by molar-refractivity contribution is -0.139. The van der Waals surface area contributed by atoms with Crippen LogP contribution in [0.25, 0.3) is 0 Å². The second kappa shape index (κ2) is 5.95. The summed E-state index contributed by atoms with van der Waals surface area (Å²) in [6.07, 6.45) is 7.34. The number of aryl methyl sites for hydroxylation is 1. The number of nitrogens with zero attached hydrogens (tertiary/aromatic N) is 4. The molecule has 1 saturated carbocycles. The zero-order valence-electron chi connectivity index (χ0n) is 12.3. The van der Waals surface area contributed by atoms with Crippen molar-refractivity contribution in [3.05, 3.63) is 18.2 Å². The molecule has 1 amide bonds. The number of carbonyl (C=O) groups excluding carboxylic acids is 1. The van der Waals surface area contributed by atoms with Crippen LogP contribution in [0.3, 0.4) is 0 Å². The molecule has 0 unspecified atom stereocenters. The van der Waals surface area contributed by atoms with Crippen molar-refractivity contribution >= 4 is 5.91 Å². The molecule has 0 bridgehead atoms. The number of aromatic nitrogens is 2. The maximum atomic E-state index is 12.2. The molecule has 0 atom stereocenters. The molecule has 0 aromatic carbocycles. The molecule has 3 rings (SSSR count). The summed E-state index contributed by atoms with van der Waals surface area (Å²) in [7, 11) is 0. The molecule has 1 aliphatic carbocycles. The Hall–Kier alpha value is -1.36. The van der Waals surface area contributed by atoms with Gasteiger partial charge < -0.3 is 9.47 Å². The highest BCUT2D eigenvalue weighted by Gasteiger charge is 2.30. The van der Waals surface area contributed by atoms with Crippen molar-refractivity contribution in [3.8, 4) is 0 Å². The van der Waals surface area contributed by atoms with Crippen molar-refractivity contribution in [1.82, 2.24) is 19.4 Å². The lowest BCUT2D eigenvalue weighted by Gasteiger charge is -2.38. The molecule has 0 N–H and O–H groups in total. The summed E-state index contributed by atoms with van der Waals surface area (Å²) >= 11 is 0. The molecule has 2 fully saturated rings. The molecular formula is C15H24N4O. The molecule has 1 saturated heterocycles. The summed E-state index contributed by atoms with van der Waals surface area (Å²) in [5.74, 6) is 1.82. The third-order valence-electron chi connectivity index (χ3n) is 4.72. The van der Waals surface area contributed by atoms with Gasteiger partial charge in [0.05, 0.1) is 0 Å². The van der Waals surface area contributed by atoms with Crippen LogP contribution in [-0.2, 0) is 11.3 Å². The topological polar surface area (TPSA) is 41.4 Å². The summed E-state index contributed by atoms with van der Waals surface area (Å²) in [5.41, 5.74) is 0. The minimum absolute atomic E-state index is 0.343. The Kier molecular flexibility index (Phi) is 4.05. The summed E-state index contributed by atoms with van der Waals surface area (Å²) in [6.45, 7) is 7.88. The highest BCUT2D eigenvalue weighted by atomic mass is 16.2. The summed E-state index contributed by atoms with van der Waals surface area (Å²) in [4.78, 5) is 20.9. The van der Waals surface area contributed by atoms with Crippen LogP contribution in [0.5, 0.6) is 0 Å². The molecule has 5 nitrogen and oxygen atoms in total. The number of amides is 1. The highest BCUT2D eigenvalue weighted by Crippen LogP contribution is 2.28. The number of hydrogen-bond donors (Lipinski definition) is 0. The zero-order valence-corrected chi connectivity index (χ0v) is 12.3. The van der Waals surface area contributed by atoms with Crippen LogP contribution in [0.4, 0.5) is 0 Å². The molecule has 1 aromatic rings. The zero-order chi connectivity index (χ0) is 13.9. The van der Waals surface area contributed by atoms with E-state index in [4.69, 9.17) is 0 Å². The van der Waals surface area contributed by atoms with Gasteiger partial charge in [0.25, 0.3) is 0 Å². The Morgan fingerprint density at radius 1 is 1.25 bits per heavy atom. The molecule has 110 valence electrons. The molecular weight excluding hydrogens is 252 g/mol. The second-order valence-electron chi connectivity index (χ2n) is 5.96. The Morgan fingerprint density at radius 2 is 2.00 bits per heavy atom. The van der Waals surface area contributed by atoms with Gasteiger partial charge in [0.2, 0.25) is 5.91 Å². The van der Waals surface area contributed by atoms with Crippen molar-refractivity contribution in [3.63, 3.8) is 0 Å². The van der Waals surface area contributed by atoms with Gasteiger partial charge in [-0.05, 0) is 19.8 Å². The Bertz CT molecular complexity index is 458. The fraction of sp³-hybridized carbons (Fsp3) is 0.733. The predicted octanol–water partition coefficient (Wildman–Crippen LogP) is 1.14. The van der Waals surface area contributed by atoms with Crippen molar-refractivity contribution in [2.24, 2.45) is 5.92 Å². The van der Waals surface area contributed by atoms with Crippen LogP contribution >= 0.6 is 0 Å². The van der Waals surface area contributed by atoms with E-state index in [9.17, 15) is 4.79 Å². The van der Waals surface area contributed by atoms with Gasteiger partial charge in [-0.25, -0.2) is 4.98 Å². The van der Waals surface area contributed by atoms with Gasteiger partial charge in [-0.2, -0.15) is 0 Å². The molecule has 2 heterocycles. The maximum absolute atomic E-state index is 12.2. The standard InChI is InChI=1S/C15H24N4O/c1-13-16-5-6-18(13)10-7-17-8-11-19(12-9-17)15(20)14-3-2-4-14/h5-6,14H,2-4,7-12H2,1H3. The number of piperazine rings is 1. The molecule has 1 aliphatic heterocycles. The van der Waals surface area contributed by atoms with Crippen LogP contribution in [0.15, 0.2) is 12.4 Å². The first-order chi connectivity index (χ1) is 9.74. The van der Waals surface area contributed by atoms with Crippen molar-refractivity contribution in [2.45, 2.75) is 32.7 Å². The van der Waals surface area contributed by atoms with Gasteiger partial charge >= 0.3 is 0 Å². The molecule has 0 spiro atoms. The van der Waals surface area contributed by atoms with E-state index in [0.717, 1.165) is 57.9 Å². The first kappa shape index (κ1) is 13.6. The van der Waals surface area contributed by atoms with Crippen LogP contribution < -0.4 is 0 Å². The number of rotatable bonds is 4. The fourth-order valence-electron chi connectivity index (χ4n) is 2.99. The average Bonchev–Trinajstić information content (AvgIpc) is 2.80. The minimum Gasteiger partial charge on any atom is -0.340 e. The molecule has 1 aromatic heterocycles. The largest absolute Gasteiger partial charge is 0.340 e. The van der Waals surface area contributed by atoms with Crippen LogP contribution in [-0.4, -0.2) is 58.0 Å². The van der Waals surface area contributed by atoms with E-state index in [1.165, 1.54) is 6.42 Å². The minimum atomic E-state index is 0.343. The van der Waals surface area contributed by atoms with E-state index in [2.05, 4.69) is 19.4 Å². The molecule has 5 heteroatoms. The summed E-state index contributed by atoms with van der Waals surface area (Å²) in [5, 5.41) is 0. The van der Waals surface area contributed by atoms with E-state index < -0.39 is 0 Å². The Morgan fingerprint density at radius 3 is 2.55 bits per heavy atom. The molecule has 0 radical (unpaired) electrons. The normalized spacial score (nSPS) is 20.9. The van der Waals surface area contributed by atoms with E-state index >= 15 is 0 Å². The summed E-state index contributed by atoms with van der Waals surface area (Å²) < 4.78 is 2.19. The lowest BCUT2D eigenvalue weighted by atomic mass is 9.84. The van der Waals surface area contributed by atoms with E-state index in [1.54, 1.807) is 0 Å². The number of imidazole rings is 1. The van der Waals surface area contributed by atoms with Crippen molar-refractivity contribution in [1.29, 1.82) is 0 Å². The van der Waals surface area contributed by atoms with Crippen LogP contribution in [0.2, 0.25) is 0 Å². The first-order valence-electron chi connectivity index (χ1n) is 7.73. The second-order valence-corrected chi connectivity index (χ2v) is 5.96.